The lowest BCUT2D eigenvalue weighted by Gasteiger charge is -2.36. The van der Waals surface area contributed by atoms with Gasteiger partial charge in [-0.25, -0.2) is 0 Å². The van der Waals surface area contributed by atoms with Crippen LogP contribution in [0.3, 0.4) is 0 Å². The molecule has 2 saturated carbocycles. The van der Waals surface area contributed by atoms with Crippen LogP contribution in [0.2, 0.25) is 5.02 Å². The number of aryl methyl sites for hydroxylation is 1. The lowest BCUT2D eigenvalue weighted by Crippen LogP contribution is -2.28. The highest BCUT2D eigenvalue weighted by Crippen LogP contribution is 2.48. The number of carbonyl (C=O) groups is 2. The van der Waals surface area contributed by atoms with Gasteiger partial charge in [-0.15, -0.1) is 10.2 Å². The molecule has 7 heteroatoms. The Morgan fingerprint density at radius 2 is 1.83 bits per heavy atom. The molecule has 0 radical (unpaired) electrons. The standard InChI is InChI=1S/C28H37ClN4O2/c1-16(2)9-19-11-21(12-19)27-30-31-28(33(27)23-7-8-23)25-15-32(18(4)34)14-24(25)26(35)13-20-5-6-22(29)10-17(20)3/h5-6,10,16,19,21,23-25H,7-9,11-15H2,1-4H3/t19?,21?,24-,25-/m0/s1. The molecule has 1 aromatic carbocycles. The van der Waals surface area contributed by atoms with Crippen LogP contribution in [0.25, 0.3) is 0 Å². The normalized spacial score (nSPS) is 26.3. The molecule has 2 aromatic rings. The number of benzene rings is 1. The Labute approximate surface area is 213 Å². The summed E-state index contributed by atoms with van der Waals surface area (Å²) in [6, 6.07) is 6.13. The summed E-state index contributed by atoms with van der Waals surface area (Å²) in [6.07, 6.45) is 6.28. The first-order valence-corrected chi connectivity index (χ1v) is 13.6. The van der Waals surface area contributed by atoms with Gasteiger partial charge in [0.2, 0.25) is 5.91 Å². The van der Waals surface area contributed by atoms with E-state index in [9.17, 15) is 9.59 Å². The number of nitrogens with zero attached hydrogens (tertiary/aromatic N) is 4. The molecule has 3 aliphatic rings. The largest absolute Gasteiger partial charge is 0.341 e. The minimum Gasteiger partial charge on any atom is -0.341 e. The molecule has 0 bridgehead atoms. The Morgan fingerprint density at radius 1 is 1.11 bits per heavy atom. The number of hydrogen-bond donors (Lipinski definition) is 0. The molecule has 2 aliphatic carbocycles. The van der Waals surface area contributed by atoms with Gasteiger partial charge in [0.05, 0.1) is 0 Å². The number of Topliss-reactive ketones (excluding diaryl/α,β-unsaturated/α-hetero) is 1. The number of ketones is 1. The van der Waals surface area contributed by atoms with Crippen LogP contribution in [-0.4, -0.2) is 44.4 Å². The van der Waals surface area contributed by atoms with Crippen LogP contribution < -0.4 is 0 Å². The molecule has 1 aliphatic heterocycles. The summed E-state index contributed by atoms with van der Waals surface area (Å²) >= 11 is 6.12. The summed E-state index contributed by atoms with van der Waals surface area (Å²) in [6.45, 7) is 9.16. The van der Waals surface area contributed by atoms with Gasteiger partial charge in [0.25, 0.3) is 0 Å². The number of rotatable bonds is 8. The Morgan fingerprint density at radius 3 is 2.46 bits per heavy atom. The molecule has 2 heterocycles. The predicted molar refractivity (Wildman–Crippen MR) is 137 cm³/mol. The zero-order chi connectivity index (χ0) is 24.9. The zero-order valence-electron chi connectivity index (χ0n) is 21.3. The van der Waals surface area contributed by atoms with Crippen LogP contribution in [-0.2, 0) is 16.0 Å². The number of amides is 1. The lowest BCUT2D eigenvalue weighted by molar-refractivity contribution is -0.128. The van der Waals surface area contributed by atoms with Crippen molar-refractivity contribution < 1.29 is 9.59 Å². The monoisotopic (exact) mass is 496 g/mol. The van der Waals surface area contributed by atoms with Crippen LogP contribution in [0.15, 0.2) is 18.2 Å². The van der Waals surface area contributed by atoms with Gasteiger partial charge in [0.15, 0.2) is 0 Å². The molecule has 1 saturated heterocycles. The summed E-state index contributed by atoms with van der Waals surface area (Å²) in [5.74, 6) is 3.82. The van der Waals surface area contributed by atoms with Crippen molar-refractivity contribution in [2.24, 2.45) is 17.8 Å². The fourth-order valence-electron chi connectivity index (χ4n) is 6.19. The van der Waals surface area contributed by atoms with Crippen molar-refractivity contribution in [3.05, 3.63) is 46.0 Å². The molecule has 1 amide bonds. The average Bonchev–Trinajstić information content (AvgIpc) is 3.35. The smallest absolute Gasteiger partial charge is 0.219 e. The van der Waals surface area contributed by atoms with Crippen molar-refractivity contribution >= 4 is 23.3 Å². The molecular formula is C28H37ClN4O2. The third kappa shape index (κ3) is 5.04. The van der Waals surface area contributed by atoms with Crippen LogP contribution in [0.1, 0.15) is 93.5 Å². The third-order valence-corrected chi connectivity index (χ3v) is 8.48. The van der Waals surface area contributed by atoms with Crippen molar-refractivity contribution in [2.75, 3.05) is 13.1 Å². The Bertz CT molecular complexity index is 1120. The highest BCUT2D eigenvalue weighted by Gasteiger charge is 2.45. The quantitative estimate of drug-likeness (QED) is 0.484. The van der Waals surface area contributed by atoms with E-state index in [4.69, 9.17) is 21.8 Å². The van der Waals surface area contributed by atoms with Crippen LogP contribution in [0.4, 0.5) is 0 Å². The second-order valence-electron chi connectivity index (χ2n) is 11.5. The second kappa shape index (κ2) is 9.68. The number of aromatic nitrogens is 3. The third-order valence-electron chi connectivity index (χ3n) is 8.25. The number of hydrogen-bond acceptors (Lipinski definition) is 4. The van der Waals surface area contributed by atoms with Crippen LogP contribution >= 0.6 is 11.6 Å². The van der Waals surface area contributed by atoms with E-state index in [1.165, 1.54) is 19.3 Å². The zero-order valence-corrected chi connectivity index (χ0v) is 22.1. The molecule has 6 nitrogen and oxygen atoms in total. The summed E-state index contributed by atoms with van der Waals surface area (Å²) in [4.78, 5) is 27.8. The molecular weight excluding hydrogens is 460 g/mol. The number of halogens is 1. The first kappa shape index (κ1) is 24.5. The maximum absolute atomic E-state index is 13.6. The van der Waals surface area contributed by atoms with Crippen LogP contribution in [0.5, 0.6) is 0 Å². The molecule has 0 spiro atoms. The van der Waals surface area contributed by atoms with E-state index in [1.54, 1.807) is 6.92 Å². The fourth-order valence-corrected chi connectivity index (χ4v) is 6.41. The molecule has 2 atom stereocenters. The van der Waals surface area contributed by atoms with Crippen LogP contribution in [0, 0.1) is 24.7 Å². The van der Waals surface area contributed by atoms with Gasteiger partial charge >= 0.3 is 0 Å². The SMILES string of the molecule is CC(=O)N1C[C@H](C(=O)Cc2ccc(Cl)cc2C)[C@@H](c2nnc(C3CC(CC(C)C)C3)n2C2CC2)C1. The van der Waals surface area contributed by atoms with Crippen molar-refractivity contribution in [3.63, 3.8) is 0 Å². The topological polar surface area (TPSA) is 68.1 Å². The van der Waals surface area contributed by atoms with Gasteiger partial charge in [0, 0.05) is 55.3 Å². The van der Waals surface area contributed by atoms with E-state index in [0.29, 0.717) is 36.5 Å². The summed E-state index contributed by atoms with van der Waals surface area (Å²) in [7, 11) is 0. The molecule has 1 aromatic heterocycles. The Kier molecular flexibility index (Phi) is 6.77. The number of carbonyl (C=O) groups excluding carboxylic acids is 2. The molecule has 35 heavy (non-hydrogen) atoms. The van der Waals surface area contributed by atoms with E-state index < -0.39 is 0 Å². The van der Waals surface area contributed by atoms with Crippen molar-refractivity contribution in [1.29, 1.82) is 0 Å². The van der Waals surface area contributed by atoms with Gasteiger partial charge in [0.1, 0.15) is 17.4 Å². The molecule has 0 unspecified atom stereocenters. The van der Waals surface area contributed by atoms with E-state index >= 15 is 0 Å². The van der Waals surface area contributed by atoms with Gasteiger partial charge < -0.3 is 9.47 Å². The summed E-state index contributed by atoms with van der Waals surface area (Å²) < 4.78 is 2.37. The maximum Gasteiger partial charge on any atom is 0.219 e. The number of likely N-dealkylation sites (tertiary alicyclic amines) is 1. The van der Waals surface area contributed by atoms with E-state index in [1.807, 2.05) is 30.0 Å². The molecule has 0 N–H and O–H groups in total. The highest BCUT2D eigenvalue weighted by atomic mass is 35.5. The maximum atomic E-state index is 13.6. The first-order chi connectivity index (χ1) is 16.7. The highest BCUT2D eigenvalue weighted by molar-refractivity contribution is 6.30. The van der Waals surface area contributed by atoms with Gasteiger partial charge in [-0.05, 0) is 74.1 Å². The van der Waals surface area contributed by atoms with Gasteiger partial charge in [-0.2, -0.15) is 0 Å². The van der Waals surface area contributed by atoms with Crippen molar-refractivity contribution in [2.45, 2.75) is 84.1 Å². The van der Waals surface area contributed by atoms with Gasteiger partial charge in [-0.3, -0.25) is 9.59 Å². The summed E-state index contributed by atoms with van der Waals surface area (Å²) in [5.41, 5.74) is 2.02. The van der Waals surface area contributed by atoms with Crippen molar-refractivity contribution in [1.82, 2.24) is 19.7 Å². The predicted octanol–water partition coefficient (Wildman–Crippen LogP) is 5.49. The molecule has 3 fully saturated rings. The van der Waals surface area contributed by atoms with E-state index in [-0.39, 0.29) is 23.5 Å². The minimum absolute atomic E-state index is 0.0150. The molecule has 5 rings (SSSR count). The Hall–Kier alpha value is -2.21. The lowest BCUT2D eigenvalue weighted by atomic mass is 9.71. The average molecular weight is 497 g/mol. The van der Waals surface area contributed by atoms with E-state index in [2.05, 4.69) is 18.4 Å². The van der Waals surface area contributed by atoms with Gasteiger partial charge in [-0.1, -0.05) is 31.5 Å². The van der Waals surface area contributed by atoms with Crippen molar-refractivity contribution in [3.8, 4) is 0 Å². The fraction of sp³-hybridized carbons (Fsp3) is 0.643. The van der Waals surface area contributed by atoms with E-state index in [0.717, 1.165) is 47.5 Å². The molecule has 188 valence electrons. The first-order valence-electron chi connectivity index (χ1n) is 13.2. The summed E-state index contributed by atoms with van der Waals surface area (Å²) in [5, 5.41) is 10.1. The Balaban J connectivity index is 1.40. The minimum atomic E-state index is -0.265. The second-order valence-corrected chi connectivity index (χ2v) is 12.0.